The number of carboxylic acids is 1. The van der Waals surface area contributed by atoms with Gasteiger partial charge in [0.15, 0.2) is 0 Å². The summed E-state index contributed by atoms with van der Waals surface area (Å²) in [6, 6.07) is 0.0753. The van der Waals surface area contributed by atoms with Crippen LogP contribution < -0.4 is 0 Å². The van der Waals surface area contributed by atoms with E-state index in [0.717, 1.165) is 32.1 Å². The highest BCUT2D eigenvalue weighted by atomic mass is 16.4. The van der Waals surface area contributed by atoms with Crippen LogP contribution in [0.5, 0.6) is 0 Å². The minimum atomic E-state index is -0.705. The van der Waals surface area contributed by atoms with Crippen molar-refractivity contribution in [2.45, 2.75) is 64.0 Å². The smallest absolute Gasteiger partial charge is 0.320 e. The molecule has 1 saturated carbocycles. The molecule has 1 fully saturated rings. The Labute approximate surface area is 104 Å². The minimum absolute atomic E-state index is 0.142. The van der Waals surface area contributed by atoms with Gasteiger partial charge in [-0.3, -0.25) is 9.69 Å². The zero-order chi connectivity index (χ0) is 12.7. The van der Waals surface area contributed by atoms with E-state index in [-0.39, 0.29) is 12.6 Å². The number of aliphatic hydroxyl groups excluding tert-OH is 1. The van der Waals surface area contributed by atoms with Crippen LogP contribution in [0.1, 0.15) is 51.9 Å². The van der Waals surface area contributed by atoms with Crippen molar-refractivity contribution in [3.05, 3.63) is 0 Å². The van der Waals surface area contributed by atoms with Crippen LogP contribution in [0.25, 0.3) is 0 Å². The number of carboxylic acid groups (broad SMARTS) is 1. The van der Waals surface area contributed by atoms with Gasteiger partial charge in [-0.2, -0.15) is 0 Å². The first-order valence-electron chi connectivity index (χ1n) is 6.80. The molecule has 0 aromatic rings. The molecule has 17 heavy (non-hydrogen) atoms. The summed E-state index contributed by atoms with van der Waals surface area (Å²) in [6.07, 6.45) is 6.82. The van der Waals surface area contributed by atoms with E-state index in [1.54, 1.807) is 0 Å². The second-order valence-corrected chi connectivity index (χ2v) is 4.90. The van der Waals surface area contributed by atoms with E-state index in [2.05, 4.69) is 11.8 Å². The number of carbonyl (C=O) groups is 1. The van der Waals surface area contributed by atoms with Crippen LogP contribution in [0.4, 0.5) is 0 Å². The largest absolute Gasteiger partial charge is 0.480 e. The Morgan fingerprint density at radius 3 is 2.53 bits per heavy atom. The van der Waals surface area contributed by atoms with Gasteiger partial charge in [0, 0.05) is 19.2 Å². The lowest BCUT2D eigenvalue weighted by atomic mass is 9.89. The molecule has 1 aliphatic carbocycles. The maximum atomic E-state index is 11.4. The summed E-state index contributed by atoms with van der Waals surface area (Å²) in [7, 11) is 0. The molecule has 1 aliphatic rings. The molecule has 1 rings (SSSR count). The first kappa shape index (κ1) is 14.5. The lowest BCUT2D eigenvalue weighted by molar-refractivity contribution is -0.145. The van der Waals surface area contributed by atoms with Crippen molar-refractivity contribution < 1.29 is 15.0 Å². The fourth-order valence-corrected chi connectivity index (χ4v) is 2.39. The maximum Gasteiger partial charge on any atom is 0.320 e. The van der Waals surface area contributed by atoms with E-state index in [0.29, 0.717) is 19.0 Å². The van der Waals surface area contributed by atoms with Gasteiger partial charge in [0.25, 0.3) is 0 Å². The first-order valence-corrected chi connectivity index (χ1v) is 6.80. The molecular formula is C13H25NO3. The molecule has 0 bridgehead atoms. The van der Waals surface area contributed by atoms with Crippen LogP contribution in [0.3, 0.4) is 0 Å². The summed E-state index contributed by atoms with van der Waals surface area (Å²) in [5, 5.41) is 18.2. The molecule has 0 amide bonds. The van der Waals surface area contributed by atoms with Crippen molar-refractivity contribution in [2.75, 3.05) is 13.2 Å². The Kier molecular flexibility index (Phi) is 6.52. The molecule has 0 radical (unpaired) electrons. The highest BCUT2D eigenvalue weighted by Crippen LogP contribution is 2.28. The molecular weight excluding hydrogens is 218 g/mol. The molecule has 0 aromatic carbocycles. The molecule has 1 unspecified atom stereocenters. The third-order valence-electron chi connectivity index (χ3n) is 3.63. The lowest BCUT2D eigenvalue weighted by Crippen LogP contribution is -2.50. The highest BCUT2D eigenvalue weighted by Gasteiger charge is 2.33. The van der Waals surface area contributed by atoms with Crippen LogP contribution >= 0.6 is 0 Å². The maximum absolute atomic E-state index is 11.4. The van der Waals surface area contributed by atoms with Gasteiger partial charge >= 0.3 is 5.97 Å². The second kappa shape index (κ2) is 7.67. The third kappa shape index (κ3) is 4.28. The van der Waals surface area contributed by atoms with Crippen LogP contribution in [-0.4, -0.2) is 46.3 Å². The van der Waals surface area contributed by atoms with Crippen molar-refractivity contribution in [1.29, 1.82) is 0 Å². The molecule has 4 nitrogen and oxygen atoms in total. The molecule has 0 heterocycles. The van der Waals surface area contributed by atoms with Crippen molar-refractivity contribution in [3.63, 3.8) is 0 Å². The predicted octanol–water partition coefficient (Wildman–Crippen LogP) is 1.87. The van der Waals surface area contributed by atoms with Crippen LogP contribution in [0, 0.1) is 0 Å². The van der Waals surface area contributed by atoms with Crippen molar-refractivity contribution in [1.82, 2.24) is 4.90 Å². The Hall–Kier alpha value is -0.610. The SMILES string of the molecule is CCCCC(C(=O)O)N(CCCO)C1CCC1. The number of aliphatic carboxylic acids is 1. The Morgan fingerprint density at radius 1 is 1.41 bits per heavy atom. The summed E-state index contributed by atoms with van der Waals surface area (Å²) in [4.78, 5) is 13.5. The second-order valence-electron chi connectivity index (χ2n) is 4.90. The van der Waals surface area contributed by atoms with Gasteiger partial charge in [-0.15, -0.1) is 0 Å². The Bertz CT molecular complexity index is 229. The average molecular weight is 243 g/mol. The summed E-state index contributed by atoms with van der Waals surface area (Å²) < 4.78 is 0. The average Bonchev–Trinajstić information content (AvgIpc) is 2.22. The molecule has 4 heteroatoms. The van der Waals surface area contributed by atoms with Crippen molar-refractivity contribution in [3.8, 4) is 0 Å². The first-order chi connectivity index (χ1) is 8.20. The van der Waals surface area contributed by atoms with Gasteiger partial charge in [-0.25, -0.2) is 0 Å². The van der Waals surface area contributed by atoms with E-state index < -0.39 is 5.97 Å². The van der Waals surface area contributed by atoms with Crippen LogP contribution in [0.15, 0.2) is 0 Å². The van der Waals surface area contributed by atoms with E-state index in [9.17, 15) is 9.90 Å². The summed E-state index contributed by atoms with van der Waals surface area (Å²) in [6.45, 7) is 2.94. The normalized spacial score (nSPS) is 18.1. The van der Waals surface area contributed by atoms with E-state index in [1.165, 1.54) is 6.42 Å². The van der Waals surface area contributed by atoms with Crippen LogP contribution in [0.2, 0.25) is 0 Å². The van der Waals surface area contributed by atoms with E-state index in [4.69, 9.17) is 5.11 Å². The van der Waals surface area contributed by atoms with Gasteiger partial charge < -0.3 is 10.2 Å². The van der Waals surface area contributed by atoms with Gasteiger partial charge in [0.05, 0.1) is 0 Å². The highest BCUT2D eigenvalue weighted by molar-refractivity contribution is 5.73. The lowest BCUT2D eigenvalue weighted by Gasteiger charge is -2.41. The molecule has 2 N–H and O–H groups in total. The van der Waals surface area contributed by atoms with Gasteiger partial charge in [-0.1, -0.05) is 26.2 Å². The fourth-order valence-electron chi connectivity index (χ4n) is 2.39. The molecule has 0 aliphatic heterocycles. The summed E-state index contributed by atoms with van der Waals surface area (Å²) in [5.41, 5.74) is 0. The van der Waals surface area contributed by atoms with E-state index in [1.807, 2.05) is 0 Å². The summed E-state index contributed by atoms with van der Waals surface area (Å²) >= 11 is 0. The predicted molar refractivity (Wildman–Crippen MR) is 67.0 cm³/mol. The molecule has 0 spiro atoms. The van der Waals surface area contributed by atoms with Crippen LogP contribution in [-0.2, 0) is 4.79 Å². The molecule has 0 aromatic heterocycles. The van der Waals surface area contributed by atoms with E-state index >= 15 is 0 Å². The molecule has 1 atom stereocenters. The Morgan fingerprint density at radius 2 is 2.12 bits per heavy atom. The third-order valence-corrected chi connectivity index (χ3v) is 3.63. The number of hydrogen-bond donors (Lipinski definition) is 2. The van der Waals surface area contributed by atoms with Gasteiger partial charge in [0.2, 0.25) is 0 Å². The number of unbranched alkanes of at least 4 members (excludes halogenated alkanes) is 1. The number of nitrogens with zero attached hydrogens (tertiary/aromatic N) is 1. The minimum Gasteiger partial charge on any atom is -0.480 e. The van der Waals surface area contributed by atoms with Gasteiger partial charge in [0.1, 0.15) is 6.04 Å². The standard InChI is InChI=1S/C13H25NO3/c1-2-3-8-12(13(16)17)14(9-5-10-15)11-6-4-7-11/h11-12,15H,2-10H2,1H3,(H,16,17). The monoisotopic (exact) mass is 243 g/mol. The molecule has 0 saturated heterocycles. The zero-order valence-corrected chi connectivity index (χ0v) is 10.8. The Balaban J connectivity index is 2.57. The van der Waals surface area contributed by atoms with Crippen molar-refractivity contribution >= 4 is 5.97 Å². The fraction of sp³-hybridized carbons (Fsp3) is 0.923. The van der Waals surface area contributed by atoms with Gasteiger partial charge in [-0.05, 0) is 25.7 Å². The topological polar surface area (TPSA) is 60.8 Å². The van der Waals surface area contributed by atoms with Crippen molar-refractivity contribution in [2.24, 2.45) is 0 Å². The number of rotatable bonds is 9. The summed E-state index contributed by atoms with van der Waals surface area (Å²) in [5.74, 6) is -0.705. The number of hydrogen-bond acceptors (Lipinski definition) is 3. The molecule has 100 valence electrons. The zero-order valence-electron chi connectivity index (χ0n) is 10.8. The number of aliphatic hydroxyl groups is 1. The quantitative estimate of drug-likeness (QED) is 0.649.